The van der Waals surface area contributed by atoms with Gasteiger partial charge >= 0.3 is 6.18 Å². The molecule has 0 aliphatic rings. The van der Waals surface area contributed by atoms with Gasteiger partial charge in [-0.1, -0.05) is 0 Å². The monoisotopic (exact) mass is 186 g/mol. The Morgan fingerprint density at radius 1 is 1.38 bits per heavy atom. The second-order valence-corrected chi connectivity index (χ2v) is 2.49. The minimum absolute atomic E-state index is 0.234. The van der Waals surface area contributed by atoms with Crippen LogP contribution in [0.4, 0.5) is 13.2 Å². The molecule has 1 aromatic heterocycles. The van der Waals surface area contributed by atoms with Crippen LogP contribution >= 0.6 is 0 Å². The number of hydrogen-bond donors (Lipinski definition) is 0. The molecule has 68 valence electrons. The van der Waals surface area contributed by atoms with E-state index in [2.05, 4.69) is 4.98 Å². The van der Waals surface area contributed by atoms with Gasteiger partial charge in [0.25, 0.3) is 0 Å². The Morgan fingerprint density at radius 2 is 2.00 bits per heavy atom. The van der Waals surface area contributed by atoms with E-state index in [9.17, 15) is 13.2 Å². The summed E-state index contributed by atoms with van der Waals surface area (Å²) in [5.41, 5.74) is -1.10. The Morgan fingerprint density at radius 3 is 2.38 bits per heavy atom. The fourth-order valence-corrected chi connectivity index (χ4v) is 0.928. The molecule has 0 saturated heterocycles. The van der Waals surface area contributed by atoms with Crippen molar-refractivity contribution >= 4 is 0 Å². The second kappa shape index (κ2) is 3.05. The summed E-state index contributed by atoms with van der Waals surface area (Å²) in [4.78, 5) is 3.39. The summed E-state index contributed by atoms with van der Waals surface area (Å²) >= 11 is 0. The highest BCUT2D eigenvalue weighted by atomic mass is 19.4. The zero-order valence-corrected chi connectivity index (χ0v) is 6.68. The van der Waals surface area contributed by atoms with Crippen molar-refractivity contribution in [1.82, 2.24) is 4.98 Å². The molecule has 0 amide bonds. The predicted molar refractivity (Wildman–Crippen MR) is 38.7 cm³/mol. The van der Waals surface area contributed by atoms with Gasteiger partial charge in [0.2, 0.25) is 0 Å². The quantitative estimate of drug-likeness (QED) is 0.623. The highest BCUT2D eigenvalue weighted by Crippen LogP contribution is 2.31. The summed E-state index contributed by atoms with van der Waals surface area (Å²) in [7, 11) is 0. The van der Waals surface area contributed by atoms with Crippen molar-refractivity contribution in [2.75, 3.05) is 0 Å². The molecule has 2 nitrogen and oxygen atoms in total. The lowest BCUT2D eigenvalue weighted by Crippen LogP contribution is -2.09. The number of halogens is 3. The maximum absolute atomic E-state index is 12.2. The van der Waals surface area contributed by atoms with Gasteiger partial charge in [-0.3, -0.25) is 4.98 Å². The lowest BCUT2D eigenvalue weighted by Gasteiger charge is -2.08. The lowest BCUT2D eigenvalue weighted by molar-refractivity contribution is -0.138. The van der Waals surface area contributed by atoms with Crippen molar-refractivity contribution in [2.24, 2.45) is 0 Å². The van der Waals surface area contributed by atoms with Crippen LogP contribution in [-0.4, -0.2) is 4.98 Å². The van der Waals surface area contributed by atoms with Crippen LogP contribution in [0, 0.1) is 18.3 Å². The molecule has 0 aliphatic carbocycles. The number of nitrogens with zero attached hydrogens (tertiary/aromatic N) is 2. The zero-order chi connectivity index (χ0) is 10.1. The van der Waals surface area contributed by atoms with Gasteiger partial charge in [-0.2, -0.15) is 18.4 Å². The second-order valence-electron chi connectivity index (χ2n) is 2.49. The molecule has 0 N–H and O–H groups in total. The van der Waals surface area contributed by atoms with E-state index in [1.54, 1.807) is 0 Å². The van der Waals surface area contributed by atoms with Crippen LogP contribution in [-0.2, 0) is 6.18 Å². The Balaban J connectivity index is 3.40. The normalized spacial score (nSPS) is 11.0. The lowest BCUT2D eigenvalue weighted by atomic mass is 10.1. The summed E-state index contributed by atoms with van der Waals surface area (Å²) in [5.74, 6) is 0. The van der Waals surface area contributed by atoms with Crippen LogP contribution in [0.25, 0.3) is 0 Å². The minimum Gasteiger partial charge on any atom is -0.264 e. The molecular formula is C8H5F3N2. The average Bonchev–Trinajstić information content (AvgIpc) is 2.02. The number of aryl methyl sites for hydroxylation is 1. The number of alkyl halides is 3. The van der Waals surface area contributed by atoms with Crippen LogP contribution in [0.1, 0.15) is 16.7 Å². The fraction of sp³-hybridized carbons (Fsp3) is 0.250. The van der Waals surface area contributed by atoms with Crippen molar-refractivity contribution in [2.45, 2.75) is 13.1 Å². The molecule has 0 bridgehead atoms. The number of rotatable bonds is 0. The third kappa shape index (κ3) is 1.78. The molecule has 1 heterocycles. The van der Waals surface area contributed by atoms with Crippen molar-refractivity contribution in [3.05, 3.63) is 29.1 Å². The first kappa shape index (κ1) is 9.52. The van der Waals surface area contributed by atoms with E-state index in [0.717, 1.165) is 0 Å². The molecule has 0 radical (unpaired) electrons. The third-order valence-electron chi connectivity index (χ3n) is 1.55. The molecule has 0 aliphatic heterocycles. The van der Waals surface area contributed by atoms with E-state index in [0.29, 0.717) is 6.20 Å². The fourth-order valence-electron chi connectivity index (χ4n) is 0.928. The Bertz CT molecular complexity index is 363. The van der Waals surface area contributed by atoms with Crippen molar-refractivity contribution in [3.8, 4) is 6.07 Å². The molecular weight excluding hydrogens is 181 g/mol. The summed E-state index contributed by atoms with van der Waals surface area (Å²) in [5, 5.41) is 8.48. The predicted octanol–water partition coefficient (Wildman–Crippen LogP) is 2.28. The maximum atomic E-state index is 12.2. The van der Waals surface area contributed by atoms with Gasteiger partial charge in [0.15, 0.2) is 0 Å². The Kier molecular flexibility index (Phi) is 2.24. The van der Waals surface area contributed by atoms with Gasteiger partial charge in [-0.25, -0.2) is 0 Å². The molecule has 0 unspecified atom stereocenters. The topological polar surface area (TPSA) is 36.7 Å². The SMILES string of the molecule is Cc1cncc(C(F)(F)F)c1C#N. The van der Waals surface area contributed by atoms with Gasteiger partial charge in [0, 0.05) is 12.4 Å². The molecule has 0 saturated carbocycles. The number of pyridine rings is 1. The first-order valence-corrected chi connectivity index (χ1v) is 3.38. The number of aromatic nitrogens is 1. The van der Waals surface area contributed by atoms with E-state index in [-0.39, 0.29) is 11.1 Å². The van der Waals surface area contributed by atoms with Gasteiger partial charge in [-0.15, -0.1) is 0 Å². The van der Waals surface area contributed by atoms with Crippen LogP contribution in [0.3, 0.4) is 0 Å². The zero-order valence-electron chi connectivity index (χ0n) is 6.68. The summed E-state index contributed by atoms with van der Waals surface area (Å²) in [6.45, 7) is 1.42. The summed E-state index contributed by atoms with van der Waals surface area (Å²) in [6, 6.07) is 1.51. The first-order chi connectivity index (χ1) is 5.96. The van der Waals surface area contributed by atoms with E-state index in [1.165, 1.54) is 19.2 Å². The largest absolute Gasteiger partial charge is 0.419 e. The van der Waals surface area contributed by atoms with Crippen molar-refractivity contribution < 1.29 is 13.2 Å². The average molecular weight is 186 g/mol. The molecule has 0 spiro atoms. The first-order valence-electron chi connectivity index (χ1n) is 3.38. The molecule has 1 rings (SSSR count). The highest BCUT2D eigenvalue weighted by molar-refractivity contribution is 5.42. The van der Waals surface area contributed by atoms with E-state index in [1.807, 2.05) is 0 Å². The maximum Gasteiger partial charge on any atom is 0.419 e. The van der Waals surface area contributed by atoms with Crippen LogP contribution < -0.4 is 0 Å². The van der Waals surface area contributed by atoms with Crippen LogP contribution in [0.2, 0.25) is 0 Å². The minimum atomic E-state index is -4.51. The van der Waals surface area contributed by atoms with Gasteiger partial charge in [0.1, 0.15) is 6.07 Å². The van der Waals surface area contributed by atoms with Crippen molar-refractivity contribution in [3.63, 3.8) is 0 Å². The summed E-state index contributed by atoms with van der Waals surface area (Å²) < 4.78 is 36.7. The van der Waals surface area contributed by atoms with Crippen molar-refractivity contribution in [1.29, 1.82) is 5.26 Å². The molecule has 5 heteroatoms. The Labute approximate surface area is 72.6 Å². The third-order valence-corrected chi connectivity index (χ3v) is 1.55. The van der Waals surface area contributed by atoms with Gasteiger partial charge in [0.05, 0.1) is 11.1 Å². The molecule has 0 fully saturated rings. The molecule has 1 aromatic rings. The smallest absolute Gasteiger partial charge is 0.264 e. The molecule has 0 aromatic carbocycles. The number of hydrogen-bond acceptors (Lipinski definition) is 2. The van der Waals surface area contributed by atoms with E-state index < -0.39 is 11.7 Å². The van der Waals surface area contributed by atoms with E-state index >= 15 is 0 Å². The molecule has 13 heavy (non-hydrogen) atoms. The van der Waals surface area contributed by atoms with E-state index in [4.69, 9.17) is 5.26 Å². The Hall–Kier alpha value is -1.57. The van der Waals surface area contributed by atoms with Crippen LogP contribution in [0.15, 0.2) is 12.4 Å². The van der Waals surface area contributed by atoms with Gasteiger partial charge in [-0.05, 0) is 12.5 Å². The highest BCUT2D eigenvalue weighted by Gasteiger charge is 2.34. The summed E-state index contributed by atoms with van der Waals surface area (Å²) in [6.07, 6.45) is -2.62. The molecule has 0 atom stereocenters. The standard InChI is InChI=1S/C8H5F3N2/c1-5-3-13-4-7(6(5)2-12)8(9,10)11/h3-4H,1H3. The van der Waals surface area contributed by atoms with Gasteiger partial charge < -0.3 is 0 Å². The van der Waals surface area contributed by atoms with Crippen LogP contribution in [0.5, 0.6) is 0 Å². The number of nitriles is 1.